The maximum Gasteiger partial charge on any atom is 0.246 e. The summed E-state index contributed by atoms with van der Waals surface area (Å²) in [5.74, 6) is 1.53. The molecule has 0 spiro atoms. The van der Waals surface area contributed by atoms with Crippen LogP contribution in [0.1, 0.15) is 5.89 Å². The van der Waals surface area contributed by atoms with Crippen LogP contribution in [0.4, 0.5) is 17.1 Å². The molecule has 0 aliphatic carbocycles. The van der Waals surface area contributed by atoms with Gasteiger partial charge in [-0.2, -0.15) is 4.98 Å². The Morgan fingerprint density at radius 1 is 0.962 bits per heavy atom. The van der Waals surface area contributed by atoms with Crippen molar-refractivity contribution in [3.05, 3.63) is 78.9 Å². The van der Waals surface area contributed by atoms with E-state index in [1.165, 1.54) is 0 Å². The first-order chi connectivity index (χ1) is 12.8. The summed E-state index contributed by atoms with van der Waals surface area (Å²) in [4.78, 5) is 6.48. The van der Waals surface area contributed by atoms with Crippen LogP contribution in [0, 0.1) is 0 Å². The Hall–Kier alpha value is -3.54. The molecule has 0 unspecified atom stereocenters. The zero-order valence-electron chi connectivity index (χ0n) is 14.3. The first kappa shape index (κ1) is 16.0. The summed E-state index contributed by atoms with van der Waals surface area (Å²) >= 11 is 0. The second-order valence-corrected chi connectivity index (χ2v) is 5.75. The zero-order valence-corrected chi connectivity index (χ0v) is 14.3. The summed E-state index contributed by atoms with van der Waals surface area (Å²) in [6.07, 6.45) is 1.58. The Morgan fingerprint density at radius 2 is 1.77 bits per heavy atom. The van der Waals surface area contributed by atoms with Crippen molar-refractivity contribution in [1.82, 2.24) is 10.1 Å². The maximum atomic E-state index is 5.30. The van der Waals surface area contributed by atoms with E-state index in [2.05, 4.69) is 38.6 Å². The van der Waals surface area contributed by atoms with Gasteiger partial charge in [-0.1, -0.05) is 35.5 Å². The number of nitrogens with one attached hydrogen (secondary N) is 1. The first-order valence-corrected chi connectivity index (χ1v) is 8.29. The molecule has 4 rings (SSSR count). The highest BCUT2D eigenvalue weighted by molar-refractivity contribution is 5.75. The molecule has 2 heterocycles. The summed E-state index contributed by atoms with van der Waals surface area (Å²) in [7, 11) is 2.04. The van der Waals surface area contributed by atoms with Gasteiger partial charge in [0.05, 0.1) is 24.2 Å². The van der Waals surface area contributed by atoms with Gasteiger partial charge in [-0.3, -0.25) is 0 Å². The average Bonchev–Trinajstić information content (AvgIpc) is 3.38. The Kier molecular flexibility index (Phi) is 4.38. The molecule has 0 fully saturated rings. The Morgan fingerprint density at radius 3 is 2.58 bits per heavy atom. The van der Waals surface area contributed by atoms with Crippen LogP contribution in [0.15, 0.2) is 81.9 Å². The lowest BCUT2D eigenvalue weighted by Gasteiger charge is -2.22. The fraction of sp³-hybridized carbons (Fsp3) is 0.100. The minimum atomic E-state index is 0.424. The number of hydrogen-bond acceptors (Lipinski definition) is 6. The van der Waals surface area contributed by atoms with Gasteiger partial charge in [0.1, 0.15) is 0 Å². The molecular weight excluding hydrogens is 328 g/mol. The van der Waals surface area contributed by atoms with Crippen LogP contribution in [-0.2, 0) is 6.54 Å². The Bertz CT molecular complexity index is 964. The number of anilines is 3. The van der Waals surface area contributed by atoms with Crippen molar-refractivity contribution < 1.29 is 8.94 Å². The second kappa shape index (κ2) is 7.14. The maximum absolute atomic E-state index is 5.30. The van der Waals surface area contributed by atoms with E-state index in [0.29, 0.717) is 24.0 Å². The summed E-state index contributed by atoms with van der Waals surface area (Å²) in [6.45, 7) is 0.424. The predicted molar refractivity (Wildman–Crippen MR) is 100 cm³/mol. The predicted octanol–water partition coefficient (Wildman–Crippen LogP) is 4.71. The van der Waals surface area contributed by atoms with Crippen LogP contribution in [0.5, 0.6) is 0 Å². The van der Waals surface area contributed by atoms with Gasteiger partial charge in [-0.05, 0) is 36.4 Å². The van der Waals surface area contributed by atoms with E-state index in [9.17, 15) is 0 Å². The van der Waals surface area contributed by atoms with Gasteiger partial charge in [-0.15, -0.1) is 0 Å². The number of hydrogen-bond donors (Lipinski definition) is 1. The lowest BCUT2D eigenvalue weighted by molar-refractivity contribution is 0.382. The molecule has 0 atom stereocenters. The van der Waals surface area contributed by atoms with E-state index in [1.54, 1.807) is 18.4 Å². The molecule has 0 saturated carbocycles. The van der Waals surface area contributed by atoms with Crippen molar-refractivity contribution in [2.45, 2.75) is 6.54 Å². The van der Waals surface area contributed by atoms with Gasteiger partial charge in [0.2, 0.25) is 11.7 Å². The molecule has 6 nitrogen and oxygen atoms in total. The van der Waals surface area contributed by atoms with Crippen molar-refractivity contribution in [2.75, 3.05) is 17.3 Å². The molecule has 130 valence electrons. The number of benzene rings is 2. The zero-order chi connectivity index (χ0) is 17.8. The van der Waals surface area contributed by atoms with E-state index < -0.39 is 0 Å². The molecule has 0 saturated heterocycles. The number of furan rings is 1. The van der Waals surface area contributed by atoms with Crippen LogP contribution in [0.25, 0.3) is 11.6 Å². The normalized spacial score (nSPS) is 10.7. The minimum Gasteiger partial charge on any atom is -0.461 e. The van der Waals surface area contributed by atoms with Gasteiger partial charge < -0.3 is 19.2 Å². The fourth-order valence-electron chi connectivity index (χ4n) is 2.71. The molecule has 2 aromatic carbocycles. The molecule has 0 bridgehead atoms. The monoisotopic (exact) mass is 346 g/mol. The van der Waals surface area contributed by atoms with Crippen LogP contribution < -0.4 is 10.2 Å². The summed E-state index contributed by atoms with van der Waals surface area (Å²) in [6, 6.07) is 21.9. The number of aromatic nitrogens is 2. The lowest BCUT2D eigenvalue weighted by atomic mass is 10.2. The molecule has 2 aromatic heterocycles. The number of para-hydroxylation sites is 3. The number of rotatable bonds is 6. The standard InChI is InChI=1S/C20H18N4O2/c1-24(15-8-3-2-4-9-15)17-11-6-5-10-16(17)21-14-19-22-20(23-26-19)18-12-7-13-25-18/h2-13,21H,14H2,1H3. The molecule has 0 radical (unpaired) electrons. The summed E-state index contributed by atoms with van der Waals surface area (Å²) < 4.78 is 10.6. The van der Waals surface area contributed by atoms with Crippen molar-refractivity contribution in [2.24, 2.45) is 0 Å². The van der Waals surface area contributed by atoms with E-state index in [-0.39, 0.29) is 0 Å². The Labute approximate surface area is 151 Å². The van der Waals surface area contributed by atoms with Crippen molar-refractivity contribution in [1.29, 1.82) is 0 Å². The van der Waals surface area contributed by atoms with Crippen LogP contribution >= 0.6 is 0 Å². The van der Waals surface area contributed by atoms with Crippen molar-refractivity contribution in [3.63, 3.8) is 0 Å². The highest BCUT2D eigenvalue weighted by atomic mass is 16.5. The summed E-state index contributed by atoms with van der Waals surface area (Å²) in [5, 5.41) is 7.32. The molecule has 0 aliphatic rings. The van der Waals surface area contributed by atoms with E-state index in [0.717, 1.165) is 17.1 Å². The van der Waals surface area contributed by atoms with Crippen molar-refractivity contribution in [3.8, 4) is 11.6 Å². The van der Waals surface area contributed by atoms with Crippen LogP contribution in [0.3, 0.4) is 0 Å². The largest absolute Gasteiger partial charge is 0.461 e. The van der Waals surface area contributed by atoms with Gasteiger partial charge >= 0.3 is 0 Å². The van der Waals surface area contributed by atoms with E-state index in [4.69, 9.17) is 8.94 Å². The molecule has 6 heteroatoms. The van der Waals surface area contributed by atoms with E-state index >= 15 is 0 Å². The molecular formula is C20H18N4O2. The quantitative estimate of drug-likeness (QED) is 0.545. The van der Waals surface area contributed by atoms with Crippen LogP contribution in [-0.4, -0.2) is 17.2 Å². The first-order valence-electron chi connectivity index (χ1n) is 8.29. The SMILES string of the molecule is CN(c1ccccc1)c1ccccc1NCc1nc(-c2ccco2)no1. The molecule has 0 aliphatic heterocycles. The topological polar surface area (TPSA) is 67.3 Å². The van der Waals surface area contributed by atoms with Gasteiger partial charge in [-0.25, -0.2) is 0 Å². The highest BCUT2D eigenvalue weighted by Crippen LogP contribution is 2.30. The van der Waals surface area contributed by atoms with Gasteiger partial charge in [0.25, 0.3) is 0 Å². The average molecular weight is 346 g/mol. The molecule has 1 N–H and O–H groups in total. The molecule has 0 amide bonds. The summed E-state index contributed by atoms with van der Waals surface area (Å²) in [5.41, 5.74) is 3.15. The van der Waals surface area contributed by atoms with Gasteiger partial charge in [0.15, 0.2) is 5.76 Å². The second-order valence-electron chi connectivity index (χ2n) is 5.75. The Balaban J connectivity index is 1.51. The lowest BCUT2D eigenvalue weighted by Crippen LogP contribution is -2.12. The highest BCUT2D eigenvalue weighted by Gasteiger charge is 2.12. The third-order valence-corrected chi connectivity index (χ3v) is 4.05. The van der Waals surface area contributed by atoms with E-state index in [1.807, 2.05) is 43.4 Å². The van der Waals surface area contributed by atoms with Gasteiger partial charge in [0, 0.05) is 12.7 Å². The molecule has 4 aromatic rings. The third kappa shape index (κ3) is 3.30. The number of nitrogens with zero attached hydrogens (tertiary/aromatic N) is 3. The fourth-order valence-corrected chi connectivity index (χ4v) is 2.71. The van der Waals surface area contributed by atoms with Crippen LogP contribution in [0.2, 0.25) is 0 Å². The molecule has 26 heavy (non-hydrogen) atoms. The third-order valence-electron chi connectivity index (χ3n) is 4.05. The smallest absolute Gasteiger partial charge is 0.246 e. The van der Waals surface area contributed by atoms with Crippen molar-refractivity contribution >= 4 is 17.1 Å². The minimum absolute atomic E-state index is 0.424.